The molecule has 6 N–H and O–H groups in total. The molecule has 218 valence electrons. The number of aromatic nitrogens is 3. The van der Waals surface area contributed by atoms with Gasteiger partial charge in [-0.3, -0.25) is 0 Å². The Hall–Kier alpha value is -3.66. The fourth-order valence-electron chi connectivity index (χ4n) is 5.93. The fraction of sp³-hybridized carbons (Fsp3) is 0.438. The number of H-pyrrole nitrogens is 1. The summed E-state index contributed by atoms with van der Waals surface area (Å²) in [5.74, 6) is 2.79. The van der Waals surface area contributed by atoms with Crippen LogP contribution in [0.4, 0.5) is 5.82 Å². The van der Waals surface area contributed by atoms with Crippen molar-refractivity contribution in [2.24, 2.45) is 11.5 Å². The van der Waals surface area contributed by atoms with Gasteiger partial charge in [-0.15, -0.1) is 0 Å². The van der Waals surface area contributed by atoms with Gasteiger partial charge >= 0.3 is 0 Å². The van der Waals surface area contributed by atoms with Gasteiger partial charge in [-0.2, -0.15) is 0 Å². The normalized spacial score (nSPS) is 17.9. The Kier molecular flexibility index (Phi) is 9.07. The molecular weight excluding hydrogens is 514 g/mol. The van der Waals surface area contributed by atoms with E-state index in [-0.39, 0.29) is 11.1 Å². The molecule has 4 heterocycles. The van der Waals surface area contributed by atoms with E-state index >= 15 is 0 Å². The van der Waals surface area contributed by atoms with Crippen molar-refractivity contribution in [3.8, 4) is 11.5 Å². The second-order valence-electron chi connectivity index (χ2n) is 11.5. The standard InChI is InChI=1S/C19H23N5O.C13H20N2O/c1-25-15-4-2-3-14(11-15)12-19(20)6-9-24(10-7-19)18-16-5-8-21-17(16)22-13-23-18;1-16-12-4-2-3-11(9-12)10-13(14)5-7-15-8-6-13/h2-5,8,11,13H,6-7,9-10,12,20H2,1H3,(H,21,22,23);2-4,9,15H,5-8,10,14H2,1H3. The lowest BCUT2D eigenvalue weighted by Gasteiger charge is -2.40. The fourth-order valence-corrected chi connectivity index (χ4v) is 5.93. The van der Waals surface area contributed by atoms with Crippen LogP contribution in [0.2, 0.25) is 0 Å². The predicted molar refractivity (Wildman–Crippen MR) is 165 cm³/mol. The minimum Gasteiger partial charge on any atom is -0.497 e. The molecule has 0 saturated carbocycles. The van der Waals surface area contributed by atoms with Gasteiger partial charge < -0.3 is 36.1 Å². The van der Waals surface area contributed by atoms with Crippen LogP contribution in [0.5, 0.6) is 11.5 Å². The Morgan fingerprint density at radius 1 is 0.805 bits per heavy atom. The van der Waals surface area contributed by atoms with Crippen molar-refractivity contribution < 1.29 is 9.47 Å². The van der Waals surface area contributed by atoms with Gasteiger partial charge in [0.1, 0.15) is 29.3 Å². The van der Waals surface area contributed by atoms with Crippen molar-refractivity contribution in [2.75, 3.05) is 45.3 Å². The maximum atomic E-state index is 6.71. The van der Waals surface area contributed by atoms with Gasteiger partial charge in [0.2, 0.25) is 0 Å². The summed E-state index contributed by atoms with van der Waals surface area (Å²) in [6.45, 7) is 3.86. The van der Waals surface area contributed by atoms with Crippen molar-refractivity contribution in [1.82, 2.24) is 20.3 Å². The Balaban J connectivity index is 0.000000182. The molecule has 2 saturated heterocycles. The van der Waals surface area contributed by atoms with Crippen LogP contribution < -0.4 is 31.2 Å². The molecule has 2 aliphatic rings. The highest BCUT2D eigenvalue weighted by molar-refractivity contribution is 5.87. The molecule has 0 aliphatic carbocycles. The molecule has 0 unspecified atom stereocenters. The molecule has 0 radical (unpaired) electrons. The third-order valence-corrected chi connectivity index (χ3v) is 8.37. The Bertz CT molecular complexity index is 1410. The number of rotatable bonds is 7. The molecule has 0 amide bonds. The summed E-state index contributed by atoms with van der Waals surface area (Å²) in [6, 6.07) is 18.4. The summed E-state index contributed by atoms with van der Waals surface area (Å²) in [4.78, 5) is 14.2. The molecule has 4 aromatic rings. The van der Waals surface area contributed by atoms with E-state index in [1.54, 1.807) is 20.5 Å². The number of nitrogens with zero attached hydrogens (tertiary/aromatic N) is 3. The molecule has 2 aromatic heterocycles. The van der Waals surface area contributed by atoms with Crippen molar-refractivity contribution in [1.29, 1.82) is 0 Å². The van der Waals surface area contributed by atoms with Crippen LogP contribution in [0.25, 0.3) is 11.0 Å². The number of methoxy groups -OCH3 is 2. The molecule has 9 nitrogen and oxygen atoms in total. The van der Waals surface area contributed by atoms with E-state index in [2.05, 4.69) is 49.4 Å². The van der Waals surface area contributed by atoms with Crippen LogP contribution in [-0.2, 0) is 12.8 Å². The number of anilines is 1. The first-order valence-electron chi connectivity index (χ1n) is 14.5. The second-order valence-corrected chi connectivity index (χ2v) is 11.5. The Labute approximate surface area is 242 Å². The third kappa shape index (κ3) is 7.35. The maximum Gasteiger partial charge on any atom is 0.142 e. The highest BCUT2D eigenvalue weighted by Crippen LogP contribution is 2.30. The van der Waals surface area contributed by atoms with Crippen LogP contribution in [0.3, 0.4) is 0 Å². The van der Waals surface area contributed by atoms with Crippen molar-refractivity contribution in [2.45, 2.75) is 49.6 Å². The van der Waals surface area contributed by atoms with Crippen molar-refractivity contribution in [3.05, 3.63) is 78.2 Å². The molecule has 2 aromatic carbocycles. The number of nitrogens with two attached hydrogens (primary N) is 2. The largest absolute Gasteiger partial charge is 0.497 e. The lowest BCUT2D eigenvalue weighted by molar-refractivity contribution is 0.308. The number of ether oxygens (including phenoxy) is 2. The van der Waals surface area contributed by atoms with Crippen molar-refractivity contribution in [3.63, 3.8) is 0 Å². The van der Waals surface area contributed by atoms with Gasteiger partial charge in [-0.1, -0.05) is 24.3 Å². The first kappa shape index (κ1) is 28.9. The highest BCUT2D eigenvalue weighted by Gasteiger charge is 2.32. The zero-order chi connectivity index (χ0) is 28.7. The summed E-state index contributed by atoms with van der Waals surface area (Å²) in [7, 11) is 3.39. The Morgan fingerprint density at radius 2 is 1.39 bits per heavy atom. The minimum atomic E-state index is -0.187. The lowest BCUT2D eigenvalue weighted by atomic mass is 9.83. The Morgan fingerprint density at radius 3 is 1.98 bits per heavy atom. The summed E-state index contributed by atoms with van der Waals surface area (Å²) in [5.41, 5.74) is 16.3. The van der Waals surface area contributed by atoms with Gasteiger partial charge in [-0.25, -0.2) is 9.97 Å². The molecule has 6 rings (SSSR count). The summed E-state index contributed by atoms with van der Waals surface area (Å²) in [6.07, 6.45) is 9.28. The van der Waals surface area contributed by atoms with Gasteiger partial charge in [0.25, 0.3) is 0 Å². The molecular formula is C32H43N7O2. The van der Waals surface area contributed by atoms with E-state index in [0.29, 0.717) is 0 Å². The van der Waals surface area contributed by atoms with Gasteiger partial charge in [0, 0.05) is 30.4 Å². The maximum absolute atomic E-state index is 6.71. The molecule has 2 aliphatic heterocycles. The average Bonchev–Trinajstić information content (AvgIpc) is 3.48. The van der Waals surface area contributed by atoms with Crippen molar-refractivity contribution >= 4 is 16.9 Å². The SMILES string of the molecule is COc1cccc(CC2(N)CCN(c3ncnc4[nH]ccc34)CC2)c1.COc1cccc(CC2(N)CCNCC2)c1. The number of hydrogen-bond acceptors (Lipinski definition) is 8. The van der Waals surface area contributed by atoms with Gasteiger partial charge in [0.05, 0.1) is 19.6 Å². The monoisotopic (exact) mass is 557 g/mol. The predicted octanol–water partition coefficient (Wildman–Crippen LogP) is 3.83. The first-order chi connectivity index (χ1) is 19.9. The van der Waals surface area contributed by atoms with Crippen LogP contribution >= 0.6 is 0 Å². The van der Waals surface area contributed by atoms with Gasteiger partial charge in [-0.05, 0) is 93.1 Å². The van der Waals surface area contributed by atoms with Crippen LogP contribution in [0.15, 0.2) is 67.1 Å². The van der Waals surface area contributed by atoms with Crippen LogP contribution in [-0.4, -0.2) is 66.4 Å². The molecule has 0 bridgehead atoms. The van der Waals surface area contributed by atoms with Crippen LogP contribution in [0, 0.1) is 0 Å². The number of aromatic amines is 1. The summed E-state index contributed by atoms with van der Waals surface area (Å²) in [5, 5.41) is 4.41. The molecule has 0 atom stereocenters. The summed E-state index contributed by atoms with van der Waals surface area (Å²) >= 11 is 0. The summed E-state index contributed by atoms with van der Waals surface area (Å²) < 4.78 is 10.5. The topological polar surface area (TPSA) is 127 Å². The van der Waals surface area contributed by atoms with E-state index < -0.39 is 0 Å². The van der Waals surface area contributed by atoms with E-state index in [0.717, 1.165) is 93.1 Å². The third-order valence-electron chi connectivity index (χ3n) is 8.37. The minimum absolute atomic E-state index is 0.0440. The van der Waals surface area contributed by atoms with E-state index in [4.69, 9.17) is 20.9 Å². The van der Waals surface area contributed by atoms with Crippen LogP contribution in [0.1, 0.15) is 36.8 Å². The molecule has 41 heavy (non-hydrogen) atoms. The lowest BCUT2D eigenvalue weighted by Crippen LogP contribution is -2.52. The van der Waals surface area contributed by atoms with E-state index in [9.17, 15) is 0 Å². The number of nitrogens with one attached hydrogen (secondary N) is 2. The number of fused-ring (bicyclic) bond motifs is 1. The number of benzene rings is 2. The average molecular weight is 558 g/mol. The molecule has 9 heteroatoms. The zero-order valence-electron chi connectivity index (χ0n) is 24.2. The second kappa shape index (κ2) is 12.9. The zero-order valence-corrected chi connectivity index (χ0v) is 24.2. The number of hydrogen-bond donors (Lipinski definition) is 4. The first-order valence-corrected chi connectivity index (χ1v) is 14.5. The quantitative estimate of drug-likeness (QED) is 0.270. The smallest absolute Gasteiger partial charge is 0.142 e. The molecule has 2 fully saturated rings. The molecule has 0 spiro atoms. The van der Waals surface area contributed by atoms with E-state index in [1.165, 1.54) is 11.1 Å². The van der Waals surface area contributed by atoms with E-state index in [1.807, 2.05) is 36.5 Å². The number of piperidine rings is 2. The van der Waals surface area contributed by atoms with Gasteiger partial charge in [0.15, 0.2) is 0 Å². The highest BCUT2D eigenvalue weighted by atomic mass is 16.5.